The second-order valence-electron chi connectivity index (χ2n) is 5.79. The summed E-state index contributed by atoms with van der Waals surface area (Å²) in [6, 6.07) is 6.67. The van der Waals surface area contributed by atoms with Crippen LogP contribution in [0.15, 0.2) is 23.1 Å². The number of rotatable bonds is 4. The molecule has 3 heteroatoms. The third-order valence-electron chi connectivity index (χ3n) is 4.27. The van der Waals surface area contributed by atoms with Gasteiger partial charge in [0.1, 0.15) is 0 Å². The Balaban J connectivity index is 2.08. The minimum Gasteiger partial charge on any atom is -0.394 e. The fourth-order valence-corrected chi connectivity index (χ4v) is 4.43. The Labute approximate surface area is 121 Å². The number of aryl methyl sites for hydroxylation is 2. The number of hydrogen-bond acceptors (Lipinski definition) is 3. The quantitative estimate of drug-likeness (QED) is 0.887. The fraction of sp³-hybridized carbons (Fsp3) is 0.625. The molecular weight excluding hydrogens is 254 g/mol. The highest BCUT2D eigenvalue weighted by molar-refractivity contribution is 8.00. The van der Waals surface area contributed by atoms with Gasteiger partial charge in [-0.3, -0.25) is 0 Å². The molecule has 1 aliphatic carbocycles. The van der Waals surface area contributed by atoms with Crippen LogP contribution in [0.4, 0.5) is 0 Å². The molecule has 2 unspecified atom stereocenters. The van der Waals surface area contributed by atoms with Crippen molar-refractivity contribution in [3.05, 3.63) is 29.3 Å². The molecule has 1 fully saturated rings. The molecule has 19 heavy (non-hydrogen) atoms. The van der Waals surface area contributed by atoms with Gasteiger partial charge in [-0.05, 0) is 51.8 Å². The van der Waals surface area contributed by atoms with Gasteiger partial charge in [-0.15, -0.1) is 11.8 Å². The number of aliphatic hydroxyl groups excluding tert-OH is 1. The summed E-state index contributed by atoms with van der Waals surface area (Å²) in [5, 5.41) is 13.6. The second kappa shape index (κ2) is 6.29. The first-order valence-electron chi connectivity index (χ1n) is 7.12. The summed E-state index contributed by atoms with van der Waals surface area (Å²) in [5.74, 6) is 0. The van der Waals surface area contributed by atoms with E-state index in [4.69, 9.17) is 0 Å². The highest BCUT2D eigenvalue weighted by Crippen LogP contribution is 2.39. The molecule has 0 radical (unpaired) electrons. The number of benzene rings is 1. The van der Waals surface area contributed by atoms with E-state index in [1.54, 1.807) is 0 Å². The lowest BCUT2D eigenvalue weighted by atomic mass is 9.82. The maximum absolute atomic E-state index is 9.65. The molecule has 2 rings (SSSR count). The van der Waals surface area contributed by atoms with E-state index in [9.17, 15) is 5.11 Å². The first-order valence-corrected chi connectivity index (χ1v) is 8.00. The summed E-state index contributed by atoms with van der Waals surface area (Å²) in [7, 11) is 1.97. The van der Waals surface area contributed by atoms with Crippen molar-refractivity contribution in [2.45, 2.75) is 55.2 Å². The van der Waals surface area contributed by atoms with E-state index < -0.39 is 0 Å². The lowest BCUT2D eigenvalue weighted by Gasteiger charge is -2.39. The molecule has 0 amide bonds. The van der Waals surface area contributed by atoms with Gasteiger partial charge < -0.3 is 10.4 Å². The average molecular weight is 279 g/mol. The number of nitrogens with one attached hydrogen (secondary N) is 1. The van der Waals surface area contributed by atoms with Crippen LogP contribution in [0.2, 0.25) is 0 Å². The molecule has 0 saturated heterocycles. The Bertz CT molecular complexity index is 429. The van der Waals surface area contributed by atoms with Crippen LogP contribution >= 0.6 is 11.8 Å². The van der Waals surface area contributed by atoms with Gasteiger partial charge >= 0.3 is 0 Å². The van der Waals surface area contributed by atoms with Gasteiger partial charge in [-0.2, -0.15) is 0 Å². The topological polar surface area (TPSA) is 32.3 Å². The van der Waals surface area contributed by atoms with Crippen LogP contribution in [0.25, 0.3) is 0 Å². The number of aliphatic hydroxyl groups is 1. The molecule has 0 bridgehead atoms. The van der Waals surface area contributed by atoms with Crippen molar-refractivity contribution in [2.75, 3.05) is 13.7 Å². The third kappa shape index (κ3) is 3.53. The molecule has 2 atom stereocenters. The smallest absolute Gasteiger partial charge is 0.0613 e. The van der Waals surface area contributed by atoms with Crippen LogP contribution in [0.3, 0.4) is 0 Å². The van der Waals surface area contributed by atoms with Crippen molar-refractivity contribution in [1.82, 2.24) is 5.32 Å². The van der Waals surface area contributed by atoms with Gasteiger partial charge in [0, 0.05) is 15.7 Å². The monoisotopic (exact) mass is 279 g/mol. The molecule has 0 heterocycles. The van der Waals surface area contributed by atoms with E-state index in [2.05, 4.69) is 37.4 Å². The molecule has 0 aliphatic heterocycles. The van der Waals surface area contributed by atoms with Gasteiger partial charge in [0.05, 0.1) is 6.61 Å². The summed E-state index contributed by atoms with van der Waals surface area (Å²) in [6.45, 7) is 4.57. The summed E-state index contributed by atoms with van der Waals surface area (Å²) < 4.78 is 0. The largest absolute Gasteiger partial charge is 0.394 e. The number of hydrogen-bond donors (Lipinski definition) is 2. The zero-order chi connectivity index (χ0) is 13.9. The normalized spacial score (nSPS) is 27.5. The molecule has 1 aromatic rings. The van der Waals surface area contributed by atoms with Crippen LogP contribution in [0, 0.1) is 13.8 Å². The Morgan fingerprint density at radius 3 is 2.89 bits per heavy atom. The van der Waals surface area contributed by atoms with E-state index in [1.807, 2.05) is 18.8 Å². The maximum Gasteiger partial charge on any atom is 0.0613 e. The van der Waals surface area contributed by atoms with Crippen molar-refractivity contribution in [1.29, 1.82) is 0 Å². The molecule has 1 aromatic carbocycles. The van der Waals surface area contributed by atoms with E-state index in [1.165, 1.54) is 28.9 Å². The first-order chi connectivity index (χ1) is 9.08. The summed E-state index contributed by atoms with van der Waals surface area (Å²) >= 11 is 1.99. The Morgan fingerprint density at radius 2 is 2.21 bits per heavy atom. The molecule has 1 saturated carbocycles. The Hall–Kier alpha value is -0.510. The van der Waals surface area contributed by atoms with Gasteiger partial charge in [0.25, 0.3) is 0 Å². The van der Waals surface area contributed by atoms with Crippen molar-refractivity contribution in [3.8, 4) is 0 Å². The predicted molar refractivity (Wildman–Crippen MR) is 82.9 cm³/mol. The molecule has 0 aromatic heterocycles. The highest BCUT2D eigenvalue weighted by Gasteiger charge is 2.34. The average Bonchev–Trinajstić information content (AvgIpc) is 2.43. The van der Waals surface area contributed by atoms with Gasteiger partial charge in [-0.1, -0.05) is 24.1 Å². The predicted octanol–water partition coefficient (Wildman–Crippen LogP) is 3.29. The van der Waals surface area contributed by atoms with Gasteiger partial charge in [-0.25, -0.2) is 0 Å². The van der Waals surface area contributed by atoms with Crippen molar-refractivity contribution in [3.63, 3.8) is 0 Å². The van der Waals surface area contributed by atoms with Crippen molar-refractivity contribution >= 4 is 11.8 Å². The summed E-state index contributed by atoms with van der Waals surface area (Å²) in [6.07, 6.45) is 4.59. The third-order valence-corrected chi connectivity index (χ3v) is 5.70. The lowest BCUT2D eigenvalue weighted by molar-refractivity contribution is 0.131. The number of thioether (sulfide) groups is 1. The van der Waals surface area contributed by atoms with Crippen LogP contribution in [0.5, 0.6) is 0 Å². The first kappa shape index (κ1) is 14.9. The van der Waals surface area contributed by atoms with Gasteiger partial charge in [0.15, 0.2) is 0 Å². The summed E-state index contributed by atoms with van der Waals surface area (Å²) in [4.78, 5) is 1.40. The molecule has 2 N–H and O–H groups in total. The van der Waals surface area contributed by atoms with Crippen LogP contribution < -0.4 is 5.32 Å². The Morgan fingerprint density at radius 1 is 1.42 bits per heavy atom. The molecule has 2 nitrogen and oxygen atoms in total. The van der Waals surface area contributed by atoms with Crippen LogP contribution in [-0.4, -0.2) is 29.5 Å². The zero-order valence-corrected chi connectivity index (χ0v) is 13.0. The molecular formula is C16H25NOS. The van der Waals surface area contributed by atoms with E-state index >= 15 is 0 Å². The maximum atomic E-state index is 9.65. The van der Waals surface area contributed by atoms with Gasteiger partial charge in [0.2, 0.25) is 0 Å². The SMILES string of the molecule is CNC1(CO)CCCC(Sc2cc(C)ccc2C)C1. The Kier molecular flexibility index (Phi) is 4.93. The van der Waals surface area contributed by atoms with Crippen molar-refractivity contribution < 1.29 is 5.11 Å². The van der Waals surface area contributed by atoms with E-state index in [0.717, 1.165) is 12.8 Å². The standard InChI is InChI=1S/C16H25NOS/c1-12-6-7-13(2)15(9-12)19-14-5-4-8-16(10-14,11-18)17-3/h6-7,9,14,17-18H,4-5,8,10-11H2,1-3H3. The fourth-order valence-electron chi connectivity index (χ4n) is 2.87. The summed E-state index contributed by atoms with van der Waals surface area (Å²) in [5.41, 5.74) is 2.62. The minimum absolute atomic E-state index is 0.0619. The minimum atomic E-state index is -0.0619. The lowest BCUT2D eigenvalue weighted by Crippen LogP contribution is -2.50. The molecule has 106 valence electrons. The van der Waals surface area contributed by atoms with Crippen molar-refractivity contribution in [2.24, 2.45) is 0 Å². The van der Waals surface area contributed by atoms with Crippen LogP contribution in [-0.2, 0) is 0 Å². The molecule has 1 aliphatic rings. The molecule has 0 spiro atoms. The van der Waals surface area contributed by atoms with E-state index in [0.29, 0.717) is 5.25 Å². The number of likely N-dealkylation sites (N-methyl/N-ethyl adjacent to an activating group) is 1. The van der Waals surface area contributed by atoms with E-state index in [-0.39, 0.29) is 12.1 Å². The van der Waals surface area contributed by atoms with Crippen LogP contribution in [0.1, 0.15) is 36.8 Å². The zero-order valence-electron chi connectivity index (χ0n) is 12.2. The second-order valence-corrected chi connectivity index (χ2v) is 7.14. The highest BCUT2D eigenvalue weighted by atomic mass is 32.2.